The summed E-state index contributed by atoms with van der Waals surface area (Å²) in [5.41, 5.74) is 7.77. The van der Waals surface area contributed by atoms with Gasteiger partial charge in [-0.15, -0.1) is 0 Å². The van der Waals surface area contributed by atoms with E-state index >= 15 is 0 Å². The largest absolute Gasteiger partial charge is 0.399 e. The number of amides is 2. The molecule has 0 aliphatic rings. The van der Waals surface area contributed by atoms with Crippen molar-refractivity contribution in [3.8, 4) is 0 Å². The summed E-state index contributed by atoms with van der Waals surface area (Å²) >= 11 is 0. The maximum atomic E-state index is 12.6. The quantitative estimate of drug-likeness (QED) is 0.754. The van der Waals surface area contributed by atoms with Gasteiger partial charge in [-0.1, -0.05) is 13.8 Å². The van der Waals surface area contributed by atoms with Crippen molar-refractivity contribution in [3.63, 3.8) is 0 Å². The minimum absolute atomic E-state index is 0.0937. The van der Waals surface area contributed by atoms with Gasteiger partial charge in [0.1, 0.15) is 0 Å². The second kappa shape index (κ2) is 8.29. The van der Waals surface area contributed by atoms with E-state index in [0.29, 0.717) is 24.3 Å². The number of hydrogen-bond donors (Lipinski definition) is 2. The predicted molar refractivity (Wildman–Crippen MR) is 85.1 cm³/mol. The number of anilines is 1. The second-order valence-electron chi connectivity index (χ2n) is 5.15. The van der Waals surface area contributed by atoms with Gasteiger partial charge >= 0.3 is 0 Å². The molecule has 0 aliphatic carbocycles. The summed E-state index contributed by atoms with van der Waals surface area (Å²) in [4.78, 5) is 26.0. The van der Waals surface area contributed by atoms with Crippen LogP contribution < -0.4 is 11.1 Å². The molecule has 0 fully saturated rings. The number of hydrogen-bond acceptors (Lipinski definition) is 3. The number of nitrogens with one attached hydrogen (secondary N) is 1. The van der Waals surface area contributed by atoms with Crippen molar-refractivity contribution in [1.29, 1.82) is 0 Å². The van der Waals surface area contributed by atoms with E-state index in [1.807, 2.05) is 20.8 Å². The van der Waals surface area contributed by atoms with Gasteiger partial charge in [-0.25, -0.2) is 0 Å². The number of carbonyl (C=O) groups is 2. The fourth-order valence-electron chi connectivity index (χ4n) is 2.11. The van der Waals surface area contributed by atoms with Crippen LogP contribution in [0, 0.1) is 6.92 Å². The van der Waals surface area contributed by atoms with E-state index < -0.39 is 0 Å². The van der Waals surface area contributed by atoms with Crippen molar-refractivity contribution in [2.75, 3.05) is 25.4 Å². The molecule has 0 saturated heterocycles. The monoisotopic (exact) mass is 291 g/mol. The van der Waals surface area contributed by atoms with E-state index in [4.69, 9.17) is 5.73 Å². The number of benzene rings is 1. The molecule has 0 radical (unpaired) electrons. The fraction of sp³-hybridized carbons (Fsp3) is 0.500. The zero-order valence-corrected chi connectivity index (χ0v) is 13.1. The molecule has 3 N–H and O–H groups in total. The molecule has 5 heteroatoms. The molecule has 0 unspecified atom stereocenters. The summed E-state index contributed by atoms with van der Waals surface area (Å²) in [6.07, 6.45) is 1.69. The SMILES string of the molecule is CCCNC(=O)CN(CCC)C(=O)c1ccc(N)cc1C. The Labute approximate surface area is 126 Å². The molecule has 0 aromatic heterocycles. The van der Waals surface area contributed by atoms with Crippen molar-refractivity contribution in [3.05, 3.63) is 29.3 Å². The molecule has 0 atom stereocenters. The maximum Gasteiger partial charge on any atom is 0.254 e. The number of carbonyl (C=O) groups excluding carboxylic acids is 2. The standard InChI is InChI=1S/C16H25N3O2/c1-4-8-18-15(20)11-19(9-5-2)16(21)14-7-6-13(17)10-12(14)3/h6-7,10H,4-5,8-9,11,17H2,1-3H3,(H,18,20). The third kappa shape index (κ3) is 5.10. The molecule has 1 rings (SSSR count). The zero-order valence-electron chi connectivity index (χ0n) is 13.1. The summed E-state index contributed by atoms with van der Waals surface area (Å²) in [5.74, 6) is -0.243. The lowest BCUT2D eigenvalue weighted by molar-refractivity contribution is -0.121. The molecule has 0 spiro atoms. The summed E-state index contributed by atoms with van der Waals surface area (Å²) in [7, 11) is 0. The molecule has 1 aromatic carbocycles. The van der Waals surface area contributed by atoms with Crippen molar-refractivity contribution < 1.29 is 9.59 Å². The van der Waals surface area contributed by atoms with Crippen LogP contribution in [0.3, 0.4) is 0 Å². The Morgan fingerprint density at radius 2 is 1.95 bits per heavy atom. The Morgan fingerprint density at radius 3 is 2.52 bits per heavy atom. The first kappa shape index (κ1) is 17.0. The molecule has 0 saturated carbocycles. The lowest BCUT2D eigenvalue weighted by Gasteiger charge is -2.22. The second-order valence-corrected chi connectivity index (χ2v) is 5.15. The first-order valence-corrected chi connectivity index (χ1v) is 7.41. The number of aryl methyl sites for hydroxylation is 1. The van der Waals surface area contributed by atoms with Crippen molar-refractivity contribution in [1.82, 2.24) is 10.2 Å². The lowest BCUT2D eigenvalue weighted by Crippen LogP contribution is -2.41. The summed E-state index contributed by atoms with van der Waals surface area (Å²) < 4.78 is 0. The lowest BCUT2D eigenvalue weighted by atomic mass is 10.1. The Bertz CT molecular complexity index is 500. The smallest absolute Gasteiger partial charge is 0.254 e. The number of nitrogen functional groups attached to an aromatic ring is 1. The Morgan fingerprint density at radius 1 is 1.24 bits per heavy atom. The maximum absolute atomic E-state index is 12.6. The normalized spacial score (nSPS) is 10.2. The summed E-state index contributed by atoms with van der Waals surface area (Å²) in [6.45, 7) is 7.12. The highest BCUT2D eigenvalue weighted by Crippen LogP contribution is 2.15. The number of nitrogens with two attached hydrogens (primary N) is 1. The highest BCUT2D eigenvalue weighted by molar-refractivity contribution is 5.98. The average molecular weight is 291 g/mol. The van der Waals surface area contributed by atoms with Gasteiger partial charge in [-0.3, -0.25) is 9.59 Å². The topological polar surface area (TPSA) is 75.4 Å². The van der Waals surface area contributed by atoms with Crippen LogP contribution in [0.4, 0.5) is 5.69 Å². The highest BCUT2D eigenvalue weighted by Gasteiger charge is 2.19. The van der Waals surface area contributed by atoms with Crippen LogP contribution in [0.15, 0.2) is 18.2 Å². The molecule has 0 bridgehead atoms. The first-order chi connectivity index (χ1) is 9.99. The van der Waals surface area contributed by atoms with Gasteiger partial charge in [0, 0.05) is 24.3 Å². The molecule has 1 aromatic rings. The highest BCUT2D eigenvalue weighted by atomic mass is 16.2. The van der Waals surface area contributed by atoms with E-state index in [1.165, 1.54) is 0 Å². The zero-order chi connectivity index (χ0) is 15.8. The minimum atomic E-state index is -0.124. The molecule has 116 valence electrons. The van der Waals surface area contributed by atoms with Crippen molar-refractivity contribution in [2.24, 2.45) is 0 Å². The van der Waals surface area contributed by atoms with Crippen molar-refractivity contribution >= 4 is 17.5 Å². The van der Waals surface area contributed by atoms with Gasteiger partial charge in [0.2, 0.25) is 5.91 Å². The van der Waals surface area contributed by atoms with Gasteiger partial charge in [-0.05, 0) is 43.5 Å². The molecule has 2 amide bonds. The molecule has 21 heavy (non-hydrogen) atoms. The van der Waals surface area contributed by atoms with Crippen LogP contribution in [0.2, 0.25) is 0 Å². The Hall–Kier alpha value is -2.04. The third-order valence-corrected chi connectivity index (χ3v) is 3.17. The molecule has 0 aliphatic heterocycles. The van der Waals surface area contributed by atoms with Crippen LogP contribution in [0.25, 0.3) is 0 Å². The van der Waals surface area contributed by atoms with E-state index in [-0.39, 0.29) is 18.4 Å². The van der Waals surface area contributed by atoms with Gasteiger partial charge < -0.3 is 16.0 Å². The van der Waals surface area contributed by atoms with Crippen LogP contribution in [0.5, 0.6) is 0 Å². The molecule has 5 nitrogen and oxygen atoms in total. The third-order valence-electron chi connectivity index (χ3n) is 3.17. The number of rotatable bonds is 7. The molecule has 0 heterocycles. The molecular weight excluding hydrogens is 266 g/mol. The summed E-state index contributed by atoms with van der Waals surface area (Å²) in [6, 6.07) is 5.20. The average Bonchev–Trinajstić information content (AvgIpc) is 2.44. The van der Waals surface area contributed by atoms with Gasteiger partial charge in [0.25, 0.3) is 5.91 Å². The van der Waals surface area contributed by atoms with E-state index in [0.717, 1.165) is 18.4 Å². The first-order valence-electron chi connectivity index (χ1n) is 7.41. The fourth-order valence-corrected chi connectivity index (χ4v) is 2.11. The van der Waals surface area contributed by atoms with E-state index in [2.05, 4.69) is 5.32 Å². The number of nitrogens with zero attached hydrogens (tertiary/aromatic N) is 1. The van der Waals surface area contributed by atoms with Crippen LogP contribution in [0.1, 0.15) is 42.6 Å². The van der Waals surface area contributed by atoms with Crippen molar-refractivity contribution in [2.45, 2.75) is 33.6 Å². The Kier molecular flexibility index (Phi) is 6.72. The van der Waals surface area contributed by atoms with E-state index in [9.17, 15) is 9.59 Å². The minimum Gasteiger partial charge on any atom is -0.399 e. The van der Waals surface area contributed by atoms with Crippen LogP contribution in [-0.2, 0) is 4.79 Å². The van der Waals surface area contributed by atoms with Gasteiger partial charge in [0.05, 0.1) is 6.54 Å². The van der Waals surface area contributed by atoms with Crippen LogP contribution >= 0.6 is 0 Å². The van der Waals surface area contributed by atoms with Crippen LogP contribution in [-0.4, -0.2) is 36.3 Å². The summed E-state index contributed by atoms with van der Waals surface area (Å²) in [5, 5.41) is 2.80. The van der Waals surface area contributed by atoms with E-state index in [1.54, 1.807) is 23.1 Å². The van der Waals surface area contributed by atoms with Gasteiger partial charge in [-0.2, -0.15) is 0 Å². The Balaban J connectivity index is 2.83. The molecular formula is C16H25N3O2. The van der Waals surface area contributed by atoms with Gasteiger partial charge in [0.15, 0.2) is 0 Å². The predicted octanol–water partition coefficient (Wildman–Crippen LogP) is 1.96.